The number of ether oxygens (including phenoxy) is 4. The number of carbonyl (C=O) groups is 4. The first-order chi connectivity index (χ1) is 13.3. The lowest BCUT2D eigenvalue weighted by Crippen LogP contribution is -2.51. The molecule has 0 aliphatic heterocycles. The summed E-state index contributed by atoms with van der Waals surface area (Å²) in [5.74, 6) is -1.88. The molecule has 6 saturated carbocycles. The zero-order valence-electron chi connectivity index (χ0n) is 16.3. The molecule has 8 nitrogen and oxygen atoms in total. The van der Waals surface area contributed by atoms with E-state index in [4.69, 9.17) is 18.9 Å². The van der Waals surface area contributed by atoms with Gasteiger partial charge in [-0.3, -0.25) is 19.2 Å². The Bertz CT molecular complexity index is 716. The largest absolute Gasteiger partial charge is 0.469 e. The molecule has 0 amide bonds. The van der Waals surface area contributed by atoms with E-state index in [0.717, 1.165) is 0 Å². The van der Waals surface area contributed by atoms with Crippen LogP contribution in [0.25, 0.3) is 0 Å². The van der Waals surface area contributed by atoms with Gasteiger partial charge in [-0.1, -0.05) is 0 Å². The molecule has 28 heavy (non-hydrogen) atoms. The molecule has 0 aromatic carbocycles. The first-order valence-electron chi connectivity index (χ1n) is 9.72. The molecule has 0 N–H and O–H groups in total. The molecule has 0 radical (unpaired) electrons. The fourth-order valence-corrected chi connectivity index (χ4v) is 8.37. The van der Waals surface area contributed by atoms with Crippen molar-refractivity contribution in [3.63, 3.8) is 0 Å². The van der Waals surface area contributed by atoms with Gasteiger partial charge < -0.3 is 18.9 Å². The van der Waals surface area contributed by atoms with Gasteiger partial charge in [-0.2, -0.15) is 0 Å². The Kier molecular flexibility index (Phi) is 3.38. The minimum atomic E-state index is -0.550. The Balaban J connectivity index is 1.57. The van der Waals surface area contributed by atoms with Gasteiger partial charge >= 0.3 is 23.9 Å². The van der Waals surface area contributed by atoms with Gasteiger partial charge in [-0.15, -0.1) is 0 Å². The highest BCUT2D eigenvalue weighted by Crippen LogP contribution is 3.03. The topological polar surface area (TPSA) is 105 Å². The van der Waals surface area contributed by atoms with Crippen molar-refractivity contribution in [3.8, 4) is 0 Å². The van der Waals surface area contributed by atoms with Crippen molar-refractivity contribution < 1.29 is 38.1 Å². The normalized spacial score (nSPS) is 49.9. The first kappa shape index (κ1) is 17.9. The SMILES string of the molecule is COC(=O)[C@@H]1C2[C@@H]3[C@@H]4C([C@@H]5[C@H]2C5(COC(C)=O)C34COC(C)=O)[C@@H]1C(=O)OC. The van der Waals surface area contributed by atoms with E-state index < -0.39 is 11.8 Å². The average Bonchev–Trinajstić information content (AvgIpc) is 3.51. The zero-order chi connectivity index (χ0) is 20.2. The second-order valence-electron chi connectivity index (χ2n) is 9.00. The van der Waals surface area contributed by atoms with Crippen LogP contribution < -0.4 is 0 Å². The Morgan fingerprint density at radius 2 is 1.00 bits per heavy atom. The fraction of sp³-hybridized carbons (Fsp3) is 0.800. The van der Waals surface area contributed by atoms with E-state index in [2.05, 4.69) is 0 Å². The smallest absolute Gasteiger partial charge is 0.309 e. The molecule has 6 fully saturated rings. The van der Waals surface area contributed by atoms with Crippen LogP contribution in [-0.2, 0) is 38.1 Å². The summed E-state index contributed by atoms with van der Waals surface area (Å²) in [7, 11) is 2.67. The molecule has 6 aliphatic rings. The third-order valence-electron chi connectivity index (χ3n) is 8.65. The molecule has 10 atom stereocenters. The van der Waals surface area contributed by atoms with Crippen molar-refractivity contribution in [2.45, 2.75) is 13.8 Å². The van der Waals surface area contributed by atoms with Crippen LogP contribution in [0.3, 0.4) is 0 Å². The molecule has 6 aliphatic carbocycles. The molecule has 2 bridgehead atoms. The number of hydrogen-bond donors (Lipinski definition) is 0. The summed E-state index contributed by atoms with van der Waals surface area (Å²) >= 11 is 0. The molecule has 4 unspecified atom stereocenters. The minimum absolute atomic E-state index is 0.0253. The van der Waals surface area contributed by atoms with Crippen LogP contribution in [0.2, 0.25) is 0 Å². The van der Waals surface area contributed by atoms with E-state index >= 15 is 0 Å². The predicted molar refractivity (Wildman–Crippen MR) is 90.1 cm³/mol. The molecule has 152 valence electrons. The summed E-state index contributed by atoms with van der Waals surface area (Å²) in [5.41, 5.74) is -0.623. The van der Waals surface area contributed by atoms with E-state index in [-0.39, 0.29) is 83.4 Å². The van der Waals surface area contributed by atoms with Crippen LogP contribution in [-0.4, -0.2) is 51.3 Å². The maximum Gasteiger partial charge on any atom is 0.309 e. The monoisotopic (exact) mass is 392 g/mol. The van der Waals surface area contributed by atoms with Crippen LogP contribution in [0.1, 0.15) is 13.8 Å². The maximum absolute atomic E-state index is 12.7. The van der Waals surface area contributed by atoms with Crippen molar-refractivity contribution in [3.05, 3.63) is 0 Å². The van der Waals surface area contributed by atoms with E-state index in [1.165, 1.54) is 28.1 Å². The molecule has 0 spiro atoms. The van der Waals surface area contributed by atoms with Gasteiger partial charge in [-0.05, 0) is 35.5 Å². The van der Waals surface area contributed by atoms with Crippen LogP contribution in [0, 0.1) is 58.2 Å². The number of fused-ring (bicyclic) bond motifs is 1. The summed E-state index contributed by atoms with van der Waals surface area (Å²) < 4.78 is 21.0. The lowest BCUT2D eigenvalue weighted by molar-refractivity contribution is -0.171. The number of esters is 4. The molecule has 0 aromatic heterocycles. The summed E-state index contributed by atoms with van der Waals surface area (Å²) in [4.78, 5) is 48.4. The van der Waals surface area contributed by atoms with Crippen molar-refractivity contribution in [1.29, 1.82) is 0 Å². The highest BCUT2D eigenvalue weighted by atomic mass is 16.5. The second kappa shape index (κ2) is 5.27. The molecule has 6 rings (SSSR count). The number of carbonyl (C=O) groups excluding carboxylic acids is 4. The van der Waals surface area contributed by atoms with E-state index in [9.17, 15) is 19.2 Å². The summed E-state index contributed by atoms with van der Waals surface area (Å²) in [5, 5.41) is 0. The summed E-state index contributed by atoms with van der Waals surface area (Å²) in [6, 6.07) is 0. The van der Waals surface area contributed by atoms with Gasteiger partial charge in [0.15, 0.2) is 0 Å². The molecule has 0 saturated heterocycles. The van der Waals surface area contributed by atoms with Crippen LogP contribution >= 0.6 is 0 Å². The molecular formula is C20H24O8. The predicted octanol–water partition coefficient (Wildman–Crippen LogP) is 0.429. The van der Waals surface area contributed by atoms with Crippen LogP contribution in [0.5, 0.6) is 0 Å². The second-order valence-corrected chi connectivity index (χ2v) is 9.00. The van der Waals surface area contributed by atoms with Gasteiger partial charge in [0, 0.05) is 24.7 Å². The Labute approximate surface area is 162 Å². The number of methoxy groups -OCH3 is 2. The van der Waals surface area contributed by atoms with E-state index in [1.54, 1.807) is 0 Å². The van der Waals surface area contributed by atoms with Gasteiger partial charge in [-0.25, -0.2) is 0 Å². The van der Waals surface area contributed by atoms with Gasteiger partial charge in [0.2, 0.25) is 0 Å². The highest BCUT2D eigenvalue weighted by Gasteiger charge is 3.05. The fourth-order valence-electron chi connectivity index (χ4n) is 8.37. The molecule has 0 heterocycles. The van der Waals surface area contributed by atoms with Crippen molar-refractivity contribution in [2.24, 2.45) is 58.2 Å². The number of rotatable bonds is 6. The van der Waals surface area contributed by atoms with Crippen LogP contribution in [0.15, 0.2) is 0 Å². The van der Waals surface area contributed by atoms with E-state index in [0.29, 0.717) is 0 Å². The maximum atomic E-state index is 12.7. The molecular weight excluding hydrogens is 368 g/mol. The third kappa shape index (κ3) is 1.66. The lowest BCUT2D eigenvalue weighted by atomic mass is 9.58. The van der Waals surface area contributed by atoms with Gasteiger partial charge in [0.1, 0.15) is 0 Å². The third-order valence-corrected chi connectivity index (χ3v) is 8.65. The van der Waals surface area contributed by atoms with Crippen LogP contribution in [0.4, 0.5) is 0 Å². The summed E-state index contributed by atoms with van der Waals surface area (Å²) in [6.45, 7) is 3.25. The van der Waals surface area contributed by atoms with Crippen molar-refractivity contribution in [1.82, 2.24) is 0 Å². The molecule has 0 aromatic rings. The Morgan fingerprint density at radius 1 is 0.679 bits per heavy atom. The first-order valence-corrected chi connectivity index (χ1v) is 9.72. The summed E-state index contributed by atoms with van der Waals surface area (Å²) in [6.07, 6.45) is 0. The highest BCUT2D eigenvalue weighted by molar-refractivity contribution is 5.85. The lowest BCUT2D eigenvalue weighted by Gasteiger charge is -2.44. The molecule has 8 heteroatoms. The van der Waals surface area contributed by atoms with Gasteiger partial charge in [0.05, 0.1) is 39.3 Å². The number of hydrogen-bond acceptors (Lipinski definition) is 8. The zero-order valence-corrected chi connectivity index (χ0v) is 16.3. The quantitative estimate of drug-likeness (QED) is 0.473. The van der Waals surface area contributed by atoms with Crippen molar-refractivity contribution in [2.75, 3.05) is 27.4 Å². The Morgan fingerprint density at radius 3 is 1.25 bits per heavy atom. The average molecular weight is 392 g/mol. The Hall–Kier alpha value is -2.12. The van der Waals surface area contributed by atoms with Crippen molar-refractivity contribution >= 4 is 23.9 Å². The minimum Gasteiger partial charge on any atom is -0.469 e. The standard InChI is InChI=1S/C20H24O8/c1-7(21)27-5-19-13-11-9(17(23)25-3)10(18(24)26-4)12(14(13)19)16-15(11)20(16,19)6-28-8(2)22/h9-16H,5-6H2,1-4H3/t9-,10+,11?,12?,13-,14+,15+,16-,19?,20?. The van der Waals surface area contributed by atoms with E-state index in [1.807, 2.05) is 0 Å². The van der Waals surface area contributed by atoms with Gasteiger partial charge in [0.25, 0.3) is 0 Å².